The first-order chi connectivity index (χ1) is 20.5. The number of nitrogens with zero attached hydrogens (tertiary/aromatic N) is 4. The molecule has 13 heteroatoms. The van der Waals surface area contributed by atoms with Gasteiger partial charge in [0, 0.05) is 23.6 Å². The molecule has 0 saturated carbocycles. The average Bonchev–Trinajstić information content (AvgIpc) is 3.27. The summed E-state index contributed by atoms with van der Waals surface area (Å²) < 4.78 is 30.5. The van der Waals surface area contributed by atoms with Crippen molar-refractivity contribution < 1.29 is 38.1 Å². The summed E-state index contributed by atoms with van der Waals surface area (Å²) in [4.78, 5) is 43.7. The molecule has 0 radical (unpaired) electrons. The number of benzene rings is 2. The maximum Gasteiger partial charge on any atom is 0.321 e. The summed E-state index contributed by atoms with van der Waals surface area (Å²) in [7, 11) is 0. The third-order valence-electron chi connectivity index (χ3n) is 7.38. The third-order valence-corrected chi connectivity index (χ3v) is 7.60. The lowest BCUT2D eigenvalue weighted by Gasteiger charge is -2.50. The topological polar surface area (TPSA) is 149 Å². The highest BCUT2D eigenvalue weighted by molar-refractivity contribution is 6.26. The molecule has 0 spiro atoms. The van der Waals surface area contributed by atoms with Gasteiger partial charge in [0.25, 0.3) is 11.8 Å². The number of azide groups is 1. The summed E-state index contributed by atoms with van der Waals surface area (Å²) in [6.45, 7) is 0.757. The van der Waals surface area contributed by atoms with Gasteiger partial charge >= 0.3 is 5.97 Å². The summed E-state index contributed by atoms with van der Waals surface area (Å²) in [6.07, 6.45) is -1.67. The lowest BCUT2D eigenvalue weighted by molar-refractivity contribution is -0.349. The summed E-state index contributed by atoms with van der Waals surface area (Å²) in [6, 6.07) is 14.6. The van der Waals surface area contributed by atoms with Crippen LogP contribution in [0.25, 0.3) is 10.4 Å². The number of rotatable bonds is 12. The molecule has 222 valence electrons. The molecule has 0 N–H and O–H groups in total. The molecule has 0 aliphatic carbocycles. The highest BCUT2D eigenvalue weighted by Crippen LogP contribution is 2.39. The van der Waals surface area contributed by atoms with Crippen LogP contribution in [0.15, 0.2) is 59.7 Å². The van der Waals surface area contributed by atoms with Gasteiger partial charge in [-0.15, -0.1) is 11.6 Å². The molecule has 0 aromatic heterocycles. The number of carbonyl (C=O) groups excluding carboxylic acids is 3. The zero-order valence-electron chi connectivity index (χ0n) is 22.7. The highest BCUT2D eigenvalue weighted by Gasteiger charge is 2.58. The number of hydrogen-bond acceptors (Lipinski definition) is 9. The van der Waals surface area contributed by atoms with Crippen LogP contribution >= 0.6 is 11.6 Å². The summed E-state index contributed by atoms with van der Waals surface area (Å²) in [5.41, 5.74) is 9.64. The van der Waals surface area contributed by atoms with Gasteiger partial charge < -0.3 is 23.7 Å². The molecule has 2 fully saturated rings. The molecule has 2 saturated heterocycles. The predicted molar refractivity (Wildman–Crippen MR) is 148 cm³/mol. The van der Waals surface area contributed by atoms with Crippen LogP contribution in [0.5, 0.6) is 0 Å². The van der Waals surface area contributed by atoms with E-state index in [9.17, 15) is 14.4 Å². The van der Waals surface area contributed by atoms with E-state index in [-0.39, 0.29) is 24.3 Å². The molecule has 42 heavy (non-hydrogen) atoms. The fourth-order valence-electron chi connectivity index (χ4n) is 5.43. The SMILES string of the molecule is [N-]=[N+]=NCCCCCCO[C@@H]1O[C@@H]2CO[C@@H](c3ccccc3)O[C@H]2[C@H](OC(=O)CCl)[C@H]1N1C(=O)c2ccccc2C1=O. The minimum absolute atomic E-state index is 0.0905. The van der Waals surface area contributed by atoms with E-state index in [1.165, 1.54) is 0 Å². The van der Waals surface area contributed by atoms with Crippen molar-refractivity contribution in [1.82, 2.24) is 4.90 Å². The Morgan fingerprint density at radius 1 is 1.00 bits per heavy atom. The van der Waals surface area contributed by atoms with Gasteiger partial charge in [0.15, 0.2) is 18.7 Å². The van der Waals surface area contributed by atoms with Crippen molar-refractivity contribution in [2.75, 3.05) is 25.6 Å². The van der Waals surface area contributed by atoms with Crippen molar-refractivity contribution in [3.63, 3.8) is 0 Å². The monoisotopic (exact) mass is 598 g/mol. The molecule has 5 rings (SSSR count). The molecule has 3 heterocycles. The van der Waals surface area contributed by atoms with Crippen LogP contribution in [0.3, 0.4) is 0 Å². The number of amides is 2. The Balaban J connectivity index is 1.42. The molecule has 3 aliphatic rings. The summed E-state index contributed by atoms with van der Waals surface area (Å²) in [5.74, 6) is -2.28. The molecule has 0 bridgehead atoms. The van der Waals surface area contributed by atoms with Crippen molar-refractivity contribution >= 4 is 29.4 Å². The number of hydrogen-bond donors (Lipinski definition) is 0. The lowest BCUT2D eigenvalue weighted by atomic mass is 9.94. The molecule has 0 unspecified atom stereocenters. The first-order valence-electron chi connectivity index (χ1n) is 13.9. The Kier molecular flexibility index (Phi) is 10.1. The molecular weight excluding hydrogens is 568 g/mol. The van der Waals surface area contributed by atoms with Crippen LogP contribution in [0, 0.1) is 0 Å². The van der Waals surface area contributed by atoms with Gasteiger partial charge in [0.1, 0.15) is 24.1 Å². The second kappa shape index (κ2) is 14.1. The van der Waals surface area contributed by atoms with E-state index in [0.29, 0.717) is 13.0 Å². The fourth-order valence-corrected chi connectivity index (χ4v) is 5.49. The van der Waals surface area contributed by atoms with Crippen molar-refractivity contribution in [1.29, 1.82) is 0 Å². The lowest BCUT2D eigenvalue weighted by Crippen LogP contribution is -2.68. The fraction of sp³-hybridized carbons (Fsp3) is 0.483. The highest BCUT2D eigenvalue weighted by atomic mass is 35.5. The Morgan fingerprint density at radius 2 is 1.69 bits per heavy atom. The molecule has 3 aliphatic heterocycles. The Morgan fingerprint density at radius 3 is 2.38 bits per heavy atom. The summed E-state index contributed by atoms with van der Waals surface area (Å²) in [5, 5.41) is 3.54. The molecule has 12 nitrogen and oxygen atoms in total. The van der Waals surface area contributed by atoms with Gasteiger partial charge in [-0.05, 0) is 30.5 Å². The maximum atomic E-state index is 13.6. The van der Waals surface area contributed by atoms with E-state index in [2.05, 4.69) is 10.0 Å². The van der Waals surface area contributed by atoms with E-state index < -0.39 is 60.6 Å². The zero-order valence-corrected chi connectivity index (χ0v) is 23.5. The van der Waals surface area contributed by atoms with E-state index in [1.54, 1.807) is 24.3 Å². The number of ether oxygens (including phenoxy) is 5. The maximum absolute atomic E-state index is 13.6. The number of halogens is 1. The molecule has 2 amide bonds. The van der Waals surface area contributed by atoms with Gasteiger partial charge in [0.2, 0.25) is 0 Å². The Labute approximate surface area is 247 Å². The van der Waals surface area contributed by atoms with Crippen LogP contribution in [0.1, 0.15) is 58.3 Å². The number of fused-ring (bicyclic) bond motifs is 2. The summed E-state index contributed by atoms with van der Waals surface area (Å²) >= 11 is 5.83. The standard InChI is InChI=1S/C29H31ClN4O8/c30-16-22(35)41-25-23(34-26(36)19-12-6-7-13-20(19)27(34)37)29(38-15-9-2-1-8-14-32-33-31)40-21-17-39-28(42-24(21)25)18-10-4-3-5-11-18/h3-7,10-13,21,23-25,28-29H,1-2,8-9,14-17H2/t21-,23-,24-,25-,28-,29-/m1/s1. The predicted octanol–water partition coefficient (Wildman–Crippen LogP) is 4.53. The Bertz CT molecular complexity index is 1290. The number of imide groups is 1. The molecule has 2 aromatic rings. The van der Waals surface area contributed by atoms with Gasteiger partial charge in [-0.2, -0.15) is 0 Å². The van der Waals surface area contributed by atoms with Gasteiger partial charge in [-0.1, -0.05) is 60.4 Å². The minimum atomic E-state index is -1.16. The Hall–Kier alpha value is -3.51. The average molecular weight is 599 g/mol. The van der Waals surface area contributed by atoms with Gasteiger partial charge in [0.05, 0.1) is 17.7 Å². The van der Waals surface area contributed by atoms with E-state index in [0.717, 1.165) is 29.7 Å². The van der Waals surface area contributed by atoms with E-state index in [4.69, 9.17) is 40.8 Å². The van der Waals surface area contributed by atoms with Crippen LogP contribution in [0.4, 0.5) is 0 Å². The number of alkyl halides is 1. The first kappa shape index (κ1) is 30.0. The van der Waals surface area contributed by atoms with Crippen molar-refractivity contribution in [2.24, 2.45) is 5.11 Å². The van der Waals surface area contributed by atoms with E-state index in [1.807, 2.05) is 30.3 Å². The number of unbranched alkanes of at least 4 members (excludes halogenated alkanes) is 3. The second-order valence-electron chi connectivity index (χ2n) is 10.1. The van der Waals surface area contributed by atoms with E-state index >= 15 is 0 Å². The molecule has 2 aromatic carbocycles. The third kappa shape index (κ3) is 6.44. The molecule has 6 atom stereocenters. The van der Waals surface area contributed by atoms with Gasteiger partial charge in [-0.3, -0.25) is 19.3 Å². The number of carbonyl (C=O) groups is 3. The molecular formula is C29H31ClN4O8. The van der Waals surface area contributed by atoms with Crippen LogP contribution < -0.4 is 0 Å². The smallest absolute Gasteiger partial charge is 0.321 e. The quantitative estimate of drug-likeness (QED) is 0.0658. The normalized spacial score (nSPS) is 26.7. The van der Waals surface area contributed by atoms with Crippen molar-refractivity contribution in [2.45, 2.75) is 62.6 Å². The van der Waals surface area contributed by atoms with Crippen LogP contribution in [-0.2, 0) is 28.5 Å². The van der Waals surface area contributed by atoms with Crippen LogP contribution in [0.2, 0.25) is 0 Å². The minimum Gasteiger partial charge on any atom is -0.456 e. The largest absolute Gasteiger partial charge is 0.456 e. The van der Waals surface area contributed by atoms with Crippen LogP contribution in [-0.4, -0.2) is 79.0 Å². The van der Waals surface area contributed by atoms with Gasteiger partial charge in [-0.25, -0.2) is 0 Å². The van der Waals surface area contributed by atoms with Crippen molar-refractivity contribution in [3.05, 3.63) is 81.7 Å². The van der Waals surface area contributed by atoms with Crippen molar-refractivity contribution in [3.8, 4) is 0 Å². The number of esters is 1. The zero-order chi connectivity index (χ0) is 29.5. The first-order valence-corrected chi connectivity index (χ1v) is 14.4. The second-order valence-corrected chi connectivity index (χ2v) is 10.3.